The van der Waals surface area contributed by atoms with Crippen LogP contribution in [0.3, 0.4) is 0 Å². The number of aromatic nitrogens is 1. The molecule has 0 atom stereocenters. The van der Waals surface area contributed by atoms with Crippen molar-refractivity contribution in [1.29, 1.82) is 0 Å². The van der Waals surface area contributed by atoms with Gasteiger partial charge in [0.2, 0.25) is 10.0 Å². The minimum atomic E-state index is -3.81. The number of nitrogens with zero attached hydrogens (tertiary/aromatic N) is 1. The molecule has 0 unspecified atom stereocenters. The molecule has 3 aromatic carbocycles. The smallest absolute Gasteiger partial charge is 0.332 e. The van der Waals surface area contributed by atoms with Crippen LogP contribution in [-0.2, 0) is 22.4 Å². The third-order valence-corrected chi connectivity index (χ3v) is 5.81. The van der Waals surface area contributed by atoms with Gasteiger partial charge in [0.25, 0.3) is 0 Å². The SMILES string of the molecule is O=C(Nc1ccc(OCc2ccc3ccccc3n2)cc1)NS(=O)(=O)Cc1ccccc1. The number of anilines is 1. The first-order valence-corrected chi connectivity index (χ1v) is 11.5. The molecule has 0 saturated carbocycles. The summed E-state index contributed by atoms with van der Waals surface area (Å²) in [6.07, 6.45) is 0. The number of urea groups is 1. The Balaban J connectivity index is 1.30. The number of carbonyl (C=O) groups is 1. The fourth-order valence-corrected chi connectivity index (χ4v) is 4.14. The topological polar surface area (TPSA) is 97.4 Å². The Bertz CT molecular complexity index is 1320. The lowest BCUT2D eigenvalue weighted by atomic mass is 10.2. The Labute approximate surface area is 186 Å². The molecular weight excluding hydrogens is 426 g/mol. The second kappa shape index (κ2) is 9.49. The van der Waals surface area contributed by atoms with E-state index in [-0.39, 0.29) is 5.75 Å². The second-order valence-electron chi connectivity index (χ2n) is 7.11. The summed E-state index contributed by atoms with van der Waals surface area (Å²) in [4.78, 5) is 16.6. The Kier molecular flexibility index (Phi) is 6.32. The first-order chi connectivity index (χ1) is 15.5. The van der Waals surface area contributed by atoms with Crippen LogP contribution in [0, 0.1) is 0 Å². The van der Waals surface area contributed by atoms with Crippen LogP contribution < -0.4 is 14.8 Å². The van der Waals surface area contributed by atoms with Crippen molar-refractivity contribution in [2.75, 3.05) is 5.32 Å². The summed E-state index contributed by atoms with van der Waals surface area (Å²) in [5.74, 6) is 0.319. The van der Waals surface area contributed by atoms with Gasteiger partial charge < -0.3 is 10.1 Å². The van der Waals surface area contributed by atoms with Gasteiger partial charge >= 0.3 is 6.03 Å². The molecule has 0 aliphatic rings. The van der Waals surface area contributed by atoms with Gasteiger partial charge in [0.05, 0.1) is 17.0 Å². The first-order valence-electron chi connectivity index (χ1n) is 9.90. The Hall–Kier alpha value is -3.91. The molecule has 8 heteroatoms. The molecule has 0 radical (unpaired) electrons. The van der Waals surface area contributed by atoms with Crippen molar-refractivity contribution in [3.05, 3.63) is 102 Å². The number of benzene rings is 3. The van der Waals surface area contributed by atoms with Crippen molar-refractivity contribution >= 4 is 32.6 Å². The summed E-state index contributed by atoms with van der Waals surface area (Å²) in [6.45, 7) is 0.301. The quantitative estimate of drug-likeness (QED) is 0.436. The van der Waals surface area contributed by atoms with Gasteiger partial charge in [-0.1, -0.05) is 54.6 Å². The Morgan fingerprint density at radius 3 is 2.34 bits per heavy atom. The first kappa shape index (κ1) is 21.3. The van der Waals surface area contributed by atoms with Crippen molar-refractivity contribution in [2.24, 2.45) is 0 Å². The van der Waals surface area contributed by atoms with Crippen LogP contribution in [-0.4, -0.2) is 19.4 Å². The van der Waals surface area contributed by atoms with Gasteiger partial charge in [-0.2, -0.15) is 0 Å². The van der Waals surface area contributed by atoms with Gasteiger partial charge in [-0.25, -0.2) is 22.9 Å². The van der Waals surface area contributed by atoms with E-state index >= 15 is 0 Å². The van der Waals surface area contributed by atoms with Crippen molar-refractivity contribution in [3.63, 3.8) is 0 Å². The van der Waals surface area contributed by atoms with E-state index < -0.39 is 16.1 Å². The fourth-order valence-electron chi connectivity index (χ4n) is 3.11. The van der Waals surface area contributed by atoms with Crippen LogP contribution in [0.25, 0.3) is 10.9 Å². The van der Waals surface area contributed by atoms with E-state index in [1.807, 2.05) is 41.1 Å². The number of rotatable bonds is 7. The van der Waals surface area contributed by atoms with Crippen LogP contribution in [0.5, 0.6) is 5.75 Å². The minimum Gasteiger partial charge on any atom is -0.487 e. The number of hydrogen-bond donors (Lipinski definition) is 2. The normalized spacial score (nSPS) is 11.1. The lowest BCUT2D eigenvalue weighted by molar-refractivity contribution is 0.256. The number of nitrogens with one attached hydrogen (secondary N) is 2. The number of pyridine rings is 1. The molecule has 4 rings (SSSR count). The second-order valence-corrected chi connectivity index (χ2v) is 8.83. The largest absolute Gasteiger partial charge is 0.487 e. The van der Waals surface area contributed by atoms with Crippen LogP contribution >= 0.6 is 0 Å². The fraction of sp³-hybridized carbons (Fsp3) is 0.0833. The molecule has 1 heterocycles. The summed E-state index contributed by atoms with van der Waals surface area (Å²) < 4.78 is 32.1. The van der Waals surface area contributed by atoms with Gasteiger partial charge in [0.1, 0.15) is 12.4 Å². The van der Waals surface area contributed by atoms with Gasteiger partial charge in [0.15, 0.2) is 0 Å². The molecule has 2 N–H and O–H groups in total. The number of hydrogen-bond acceptors (Lipinski definition) is 5. The third kappa shape index (κ3) is 5.83. The van der Waals surface area contributed by atoms with Crippen LogP contribution in [0.2, 0.25) is 0 Å². The molecule has 0 bridgehead atoms. The summed E-state index contributed by atoms with van der Waals surface area (Å²) in [6, 6.07) is 26.2. The lowest BCUT2D eigenvalue weighted by Crippen LogP contribution is -2.35. The monoisotopic (exact) mass is 447 g/mol. The van der Waals surface area contributed by atoms with E-state index in [0.717, 1.165) is 16.6 Å². The molecule has 32 heavy (non-hydrogen) atoms. The van der Waals surface area contributed by atoms with E-state index in [0.29, 0.717) is 23.6 Å². The number of amides is 2. The van der Waals surface area contributed by atoms with Gasteiger partial charge in [-0.3, -0.25) is 0 Å². The number of fused-ring (bicyclic) bond motifs is 1. The standard InChI is InChI=1S/C24H21N3O4S/c28-24(27-32(29,30)17-18-6-2-1-3-7-18)26-20-12-14-22(15-13-20)31-16-21-11-10-19-8-4-5-9-23(19)25-21/h1-15H,16-17H2,(H2,26,27,28). The van der Waals surface area contributed by atoms with Gasteiger partial charge in [0, 0.05) is 11.1 Å². The predicted molar refractivity (Wildman–Crippen MR) is 124 cm³/mol. The van der Waals surface area contributed by atoms with Crippen molar-refractivity contribution in [3.8, 4) is 5.75 Å². The van der Waals surface area contributed by atoms with Crippen LogP contribution in [0.1, 0.15) is 11.3 Å². The molecule has 0 fully saturated rings. The maximum atomic E-state index is 12.2. The highest BCUT2D eigenvalue weighted by Gasteiger charge is 2.15. The number of para-hydroxylation sites is 1. The van der Waals surface area contributed by atoms with E-state index in [4.69, 9.17) is 4.74 Å². The summed E-state index contributed by atoms with van der Waals surface area (Å²) in [5.41, 5.74) is 2.74. The molecule has 162 valence electrons. The number of sulfonamides is 1. The molecule has 0 saturated heterocycles. The highest BCUT2D eigenvalue weighted by atomic mass is 32.2. The Morgan fingerprint density at radius 2 is 1.56 bits per heavy atom. The van der Waals surface area contributed by atoms with Crippen molar-refractivity contribution < 1.29 is 17.9 Å². The predicted octanol–water partition coefficient (Wildman–Crippen LogP) is 4.47. The number of ether oxygens (including phenoxy) is 1. The molecular formula is C24H21N3O4S. The molecule has 2 amide bonds. The van der Waals surface area contributed by atoms with E-state index in [1.165, 1.54) is 0 Å². The van der Waals surface area contributed by atoms with Gasteiger partial charge in [-0.05, 0) is 42.0 Å². The zero-order valence-corrected chi connectivity index (χ0v) is 17.9. The van der Waals surface area contributed by atoms with Crippen LogP contribution in [0.4, 0.5) is 10.5 Å². The summed E-state index contributed by atoms with van der Waals surface area (Å²) in [7, 11) is -3.81. The van der Waals surface area contributed by atoms with E-state index in [9.17, 15) is 13.2 Å². The lowest BCUT2D eigenvalue weighted by Gasteiger charge is -2.10. The highest BCUT2D eigenvalue weighted by Crippen LogP contribution is 2.18. The molecule has 0 aliphatic heterocycles. The molecule has 1 aromatic heterocycles. The molecule has 7 nitrogen and oxygen atoms in total. The average molecular weight is 448 g/mol. The summed E-state index contributed by atoms with van der Waals surface area (Å²) >= 11 is 0. The zero-order valence-electron chi connectivity index (χ0n) is 17.1. The average Bonchev–Trinajstić information content (AvgIpc) is 2.78. The zero-order chi connectivity index (χ0) is 22.4. The molecule has 0 aliphatic carbocycles. The minimum absolute atomic E-state index is 0.281. The number of carbonyl (C=O) groups excluding carboxylic acids is 1. The molecule has 0 spiro atoms. The van der Waals surface area contributed by atoms with E-state index in [1.54, 1.807) is 54.6 Å². The maximum Gasteiger partial charge on any atom is 0.332 e. The van der Waals surface area contributed by atoms with Crippen molar-refractivity contribution in [2.45, 2.75) is 12.4 Å². The third-order valence-electron chi connectivity index (χ3n) is 4.60. The molecule has 4 aromatic rings. The Morgan fingerprint density at radius 1 is 0.844 bits per heavy atom. The summed E-state index contributed by atoms with van der Waals surface area (Å²) in [5, 5.41) is 3.57. The van der Waals surface area contributed by atoms with Gasteiger partial charge in [-0.15, -0.1) is 0 Å². The maximum absolute atomic E-state index is 12.2. The van der Waals surface area contributed by atoms with Crippen molar-refractivity contribution in [1.82, 2.24) is 9.71 Å². The van der Waals surface area contributed by atoms with E-state index in [2.05, 4.69) is 10.3 Å². The van der Waals surface area contributed by atoms with Crippen LogP contribution in [0.15, 0.2) is 91.0 Å². The highest BCUT2D eigenvalue weighted by molar-refractivity contribution is 7.89.